The van der Waals surface area contributed by atoms with Crippen molar-refractivity contribution in [3.05, 3.63) is 0 Å². The minimum Gasteiger partial charge on any atom is -0.455 e. The molecule has 60 valence electrons. The molecule has 0 radical (unpaired) electrons. The third-order valence-electron chi connectivity index (χ3n) is 0.979. The van der Waals surface area contributed by atoms with Gasteiger partial charge in [0.1, 0.15) is 4.61 Å². The minimum atomic E-state index is -0.122. The molecule has 4 heteroatoms. The molecule has 0 N–H and O–H groups in total. The van der Waals surface area contributed by atoms with Gasteiger partial charge < -0.3 is 9.64 Å². The Morgan fingerprint density at radius 2 is 2.20 bits per heavy atom. The average Bonchev–Trinajstić information content (AvgIpc) is 1.85. The predicted octanol–water partition coefficient (Wildman–Crippen LogP) is 0.874. The Labute approximate surface area is 74.9 Å². The molecule has 0 heterocycles. The molecule has 0 atom stereocenters. The highest BCUT2D eigenvalue weighted by molar-refractivity contribution is 14.1. The standard InChI is InChI=1S/C6H12INO2/c1-8(2)4-3-6(9)10-5-7/h3-5H2,1-2H3. The number of halogens is 1. The van der Waals surface area contributed by atoms with E-state index >= 15 is 0 Å². The van der Waals surface area contributed by atoms with Crippen LogP contribution in [0.5, 0.6) is 0 Å². The first-order chi connectivity index (χ1) is 4.66. The maximum Gasteiger partial charge on any atom is 0.307 e. The van der Waals surface area contributed by atoms with E-state index in [1.165, 1.54) is 0 Å². The fraction of sp³-hybridized carbons (Fsp3) is 0.833. The average molecular weight is 257 g/mol. The maximum atomic E-state index is 10.7. The Kier molecular flexibility index (Phi) is 6.00. The van der Waals surface area contributed by atoms with Crippen molar-refractivity contribution in [2.75, 3.05) is 25.3 Å². The van der Waals surface area contributed by atoms with Crippen LogP contribution in [0.3, 0.4) is 0 Å². The van der Waals surface area contributed by atoms with E-state index in [-0.39, 0.29) is 5.97 Å². The van der Waals surface area contributed by atoms with Crippen LogP contribution in [0.15, 0.2) is 0 Å². The quantitative estimate of drug-likeness (QED) is 0.425. The Hall–Kier alpha value is 0.160. The summed E-state index contributed by atoms with van der Waals surface area (Å²) < 4.78 is 5.16. The number of carbonyl (C=O) groups is 1. The van der Waals surface area contributed by atoms with Gasteiger partial charge in [0.15, 0.2) is 0 Å². The van der Waals surface area contributed by atoms with Crippen LogP contribution in [0.4, 0.5) is 0 Å². The van der Waals surface area contributed by atoms with E-state index in [2.05, 4.69) is 0 Å². The Morgan fingerprint density at radius 3 is 2.60 bits per heavy atom. The normalized spacial score (nSPS) is 10.0. The topological polar surface area (TPSA) is 29.5 Å². The van der Waals surface area contributed by atoms with Gasteiger partial charge in [-0.2, -0.15) is 0 Å². The molecule has 0 rings (SSSR count). The Bertz CT molecular complexity index is 106. The lowest BCUT2D eigenvalue weighted by Crippen LogP contribution is -2.17. The summed E-state index contributed by atoms with van der Waals surface area (Å²) in [6.45, 7) is 0.759. The van der Waals surface area contributed by atoms with Gasteiger partial charge in [0, 0.05) is 6.54 Å². The molecule has 0 bridgehead atoms. The van der Waals surface area contributed by atoms with Crippen molar-refractivity contribution in [1.29, 1.82) is 0 Å². The summed E-state index contributed by atoms with van der Waals surface area (Å²) in [5.74, 6) is -0.122. The van der Waals surface area contributed by atoms with Crippen molar-refractivity contribution < 1.29 is 9.53 Å². The van der Waals surface area contributed by atoms with Crippen LogP contribution in [-0.4, -0.2) is 36.1 Å². The van der Waals surface area contributed by atoms with Crippen LogP contribution in [-0.2, 0) is 9.53 Å². The summed E-state index contributed by atoms with van der Waals surface area (Å²) in [7, 11) is 3.86. The number of carbonyl (C=O) groups excluding carboxylic acids is 1. The number of ether oxygens (including phenoxy) is 1. The summed E-state index contributed by atoms with van der Waals surface area (Å²) in [5.41, 5.74) is 0. The first kappa shape index (κ1) is 10.2. The smallest absolute Gasteiger partial charge is 0.307 e. The molecule has 0 amide bonds. The number of esters is 1. The van der Waals surface area contributed by atoms with E-state index < -0.39 is 0 Å². The molecular weight excluding hydrogens is 245 g/mol. The first-order valence-electron chi connectivity index (χ1n) is 3.03. The molecule has 0 aliphatic heterocycles. The summed E-state index contributed by atoms with van der Waals surface area (Å²) in [6.07, 6.45) is 0.482. The molecule has 0 unspecified atom stereocenters. The number of alkyl halides is 1. The highest BCUT2D eigenvalue weighted by Gasteiger charge is 2.00. The predicted molar refractivity (Wildman–Crippen MR) is 48.2 cm³/mol. The van der Waals surface area contributed by atoms with E-state index in [4.69, 9.17) is 4.74 Å². The van der Waals surface area contributed by atoms with Gasteiger partial charge in [0.2, 0.25) is 0 Å². The monoisotopic (exact) mass is 257 g/mol. The van der Waals surface area contributed by atoms with Crippen molar-refractivity contribution >= 4 is 28.6 Å². The lowest BCUT2D eigenvalue weighted by atomic mass is 10.4. The summed E-state index contributed by atoms with van der Waals surface area (Å²) in [6, 6.07) is 0. The van der Waals surface area contributed by atoms with Gasteiger partial charge in [-0.15, -0.1) is 0 Å². The molecule has 0 aliphatic carbocycles. The fourth-order valence-electron chi connectivity index (χ4n) is 0.448. The van der Waals surface area contributed by atoms with Crippen LogP contribution in [0, 0.1) is 0 Å². The van der Waals surface area contributed by atoms with Gasteiger partial charge in [-0.25, -0.2) is 0 Å². The highest BCUT2D eigenvalue weighted by Crippen LogP contribution is 1.91. The second kappa shape index (κ2) is 5.91. The molecule has 0 aromatic rings. The molecular formula is C6H12INO2. The molecule has 3 nitrogen and oxygen atoms in total. The van der Waals surface area contributed by atoms with Crippen LogP contribution >= 0.6 is 22.6 Å². The van der Waals surface area contributed by atoms with Gasteiger partial charge in [0.05, 0.1) is 6.42 Å². The van der Waals surface area contributed by atoms with Gasteiger partial charge in [-0.3, -0.25) is 4.79 Å². The summed E-state index contributed by atoms with van der Waals surface area (Å²) in [5, 5.41) is 0. The van der Waals surface area contributed by atoms with Gasteiger partial charge >= 0.3 is 5.97 Å². The van der Waals surface area contributed by atoms with Crippen molar-refractivity contribution in [2.45, 2.75) is 6.42 Å². The SMILES string of the molecule is CN(C)CCC(=O)OCI. The zero-order valence-electron chi connectivity index (χ0n) is 6.26. The maximum absolute atomic E-state index is 10.7. The minimum absolute atomic E-state index is 0.122. The van der Waals surface area contributed by atoms with E-state index in [9.17, 15) is 4.79 Å². The van der Waals surface area contributed by atoms with Crippen LogP contribution in [0.2, 0.25) is 0 Å². The van der Waals surface area contributed by atoms with E-state index in [1.54, 1.807) is 0 Å². The summed E-state index contributed by atoms with van der Waals surface area (Å²) in [4.78, 5) is 12.6. The summed E-state index contributed by atoms with van der Waals surface area (Å²) >= 11 is 2.00. The zero-order chi connectivity index (χ0) is 7.98. The van der Waals surface area contributed by atoms with E-state index in [0.717, 1.165) is 6.54 Å². The molecule has 0 saturated heterocycles. The van der Waals surface area contributed by atoms with Crippen LogP contribution in [0.1, 0.15) is 6.42 Å². The largest absolute Gasteiger partial charge is 0.455 e. The Morgan fingerprint density at radius 1 is 1.60 bits per heavy atom. The molecule has 0 aromatic heterocycles. The molecule has 0 spiro atoms. The third kappa shape index (κ3) is 6.28. The Balaban J connectivity index is 3.22. The second-order valence-corrected chi connectivity index (χ2v) is 2.80. The number of rotatable bonds is 4. The molecule has 0 fully saturated rings. The van der Waals surface area contributed by atoms with Gasteiger partial charge in [-0.05, 0) is 36.7 Å². The van der Waals surface area contributed by atoms with Crippen molar-refractivity contribution in [3.8, 4) is 0 Å². The van der Waals surface area contributed by atoms with Gasteiger partial charge in [-0.1, -0.05) is 0 Å². The molecule has 0 aromatic carbocycles. The lowest BCUT2D eigenvalue weighted by molar-refractivity contribution is -0.141. The second-order valence-electron chi connectivity index (χ2n) is 2.18. The molecule has 10 heavy (non-hydrogen) atoms. The number of hydrogen-bond acceptors (Lipinski definition) is 3. The first-order valence-corrected chi connectivity index (χ1v) is 4.55. The number of nitrogens with zero attached hydrogens (tertiary/aromatic N) is 1. The van der Waals surface area contributed by atoms with Crippen LogP contribution in [0.25, 0.3) is 0 Å². The molecule has 0 aliphatic rings. The van der Waals surface area contributed by atoms with Crippen LogP contribution < -0.4 is 0 Å². The fourth-order valence-corrected chi connectivity index (χ4v) is 0.795. The van der Waals surface area contributed by atoms with E-state index in [0.29, 0.717) is 11.0 Å². The van der Waals surface area contributed by atoms with Crippen molar-refractivity contribution in [3.63, 3.8) is 0 Å². The van der Waals surface area contributed by atoms with Gasteiger partial charge in [0.25, 0.3) is 0 Å². The third-order valence-corrected chi connectivity index (χ3v) is 1.29. The molecule has 0 saturated carbocycles. The lowest BCUT2D eigenvalue weighted by Gasteiger charge is -2.07. The van der Waals surface area contributed by atoms with E-state index in [1.807, 2.05) is 41.6 Å². The van der Waals surface area contributed by atoms with Crippen molar-refractivity contribution in [1.82, 2.24) is 4.90 Å². The van der Waals surface area contributed by atoms with Crippen molar-refractivity contribution in [2.24, 2.45) is 0 Å². The number of hydrogen-bond donors (Lipinski definition) is 0. The highest BCUT2D eigenvalue weighted by atomic mass is 127. The zero-order valence-corrected chi connectivity index (χ0v) is 8.42.